The van der Waals surface area contributed by atoms with Crippen molar-refractivity contribution < 1.29 is 13.9 Å². The molecule has 1 heterocycles. The van der Waals surface area contributed by atoms with Gasteiger partial charge in [0.05, 0.1) is 5.39 Å². The minimum Gasteiger partial charge on any atom is -0.438 e. The number of para-hydroxylation sites is 1. The van der Waals surface area contributed by atoms with E-state index >= 15 is 0 Å². The fraction of sp³-hybridized carbons (Fsp3) is 0.167. The third-order valence-corrected chi connectivity index (χ3v) is 3.84. The number of rotatable bonds is 2. The van der Waals surface area contributed by atoms with Crippen LogP contribution >= 0.6 is 12.2 Å². The zero-order chi connectivity index (χ0) is 16.6. The third kappa shape index (κ3) is 3.00. The molecule has 23 heavy (non-hydrogen) atoms. The smallest absolute Gasteiger partial charge is 0.308 e. The van der Waals surface area contributed by atoms with E-state index in [-0.39, 0.29) is 5.97 Å². The molecule has 5 heteroatoms. The number of aryl methyl sites for hydroxylation is 2. The number of hydrogen-bond acceptors (Lipinski definition) is 5. The van der Waals surface area contributed by atoms with Crippen LogP contribution in [0.5, 0.6) is 5.75 Å². The highest BCUT2D eigenvalue weighted by Gasteiger charge is 2.13. The van der Waals surface area contributed by atoms with E-state index in [4.69, 9.17) is 21.4 Å². The van der Waals surface area contributed by atoms with Crippen LogP contribution in [0.2, 0.25) is 0 Å². The second-order valence-corrected chi connectivity index (χ2v) is 5.73. The Balaban J connectivity index is 2.17. The van der Waals surface area contributed by atoms with Crippen molar-refractivity contribution in [2.24, 2.45) is 0 Å². The highest BCUT2D eigenvalue weighted by molar-refractivity contribution is 7.71. The molecule has 0 aliphatic rings. The molecule has 2 aromatic carbocycles. The summed E-state index contributed by atoms with van der Waals surface area (Å²) >= 11 is 5.36. The van der Waals surface area contributed by atoms with Gasteiger partial charge in [-0.15, -0.1) is 0 Å². The minimum absolute atomic E-state index is 0.346. The van der Waals surface area contributed by atoms with Gasteiger partial charge in [-0.2, -0.15) is 0 Å². The molecule has 0 bridgehead atoms. The zero-order valence-electron chi connectivity index (χ0n) is 13.0. The second kappa shape index (κ2) is 5.93. The van der Waals surface area contributed by atoms with Crippen molar-refractivity contribution in [2.45, 2.75) is 20.8 Å². The maximum atomic E-state index is 11.2. The zero-order valence-corrected chi connectivity index (χ0v) is 13.9. The van der Waals surface area contributed by atoms with Gasteiger partial charge in [-0.3, -0.25) is 4.79 Å². The lowest BCUT2D eigenvalue weighted by Crippen LogP contribution is -2.03. The highest BCUT2D eigenvalue weighted by Crippen LogP contribution is 2.31. The van der Waals surface area contributed by atoms with Crippen molar-refractivity contribution in [2.75, 3.05) is 0 Å². The number of carbonyl (C=O) groups is 1. The van der Waals surface area contributed by atoms with E-state index in [1.165, 1.54) is 6.92 Å². The van der Waals surface area contributed by atoms with Crippen LogP contribution in [0.1, 0.15) is 18.1 Å². The fourth-order valence-electron chi connectivity index (χ4n) is 2.41. The molecule has 0 unspecified atom stereocenters. The Kier molecular flexibility index (Phi) is 3.96. The summed E-state index contributed by atoms with van der Waals surface area (Å²) in [7, 11) is 0. The van der Waals surface area contributed by atoms with Crippen molar-refractivity contribution in [1.29, 1.82) is 0 Å². The van der Waals surface area contributed by atoms with Gasteiger partial charge >= 0.3 is 5.97 Å². The summed E-state index contributed by atoms with van der Waals surface area (Å²) < 4.78 is 11.6. The van der Waals surface area contributed by atoms with E-state index in [1.54, 1.807) is 0 Å². The van der Waals surface area contributed by atoms with Gasteiger partial charge in [-0.25, -0.2) is 4.98 Å². The molecule has 3 rings (SSSR count). The number of esters is 1. The molecule has 0 amide bonds. The van der Waals surface area contributed by atoms with Crippen LogP contribution in [-0.4, -0.2) is 11.0 Å². The summed E-state index contributed by atoms with van der Waals surface area (Å²) in [5.74, 6) is 0.656. The van der Waals surface area contributed by atoms with Gasteiger partial charge in [0.25, 0.3) is 0 Å². The summed E-state index contributed by atoms with van der Waals surface area (Å²) in [5.41, 5.74) is 3.25. The van der Waals surface area contributed by atoms with Crippen molar-refractivity contribution in [3.8, 4) is 17.2 Å². The molecular weight excluding hydrogens is 310 g/mol. The highest BCUT2D eigenvalue weighted by atomic mass is 32.1. The molecule has 0 saturated heterocycles. The molecule has 0 spiro atoms. The first kappa shape index (κ1) is 15.4. The van der Waals surface area contributed by atoms with Gasteiger partial charge in [0.15, 0.2) is 0 Å². The molecule has 0 N–H and O–H groups in total. The van der Waals surface area contributed by atoms with Crippen LogP contribution in [0.25, 0.3) is 22.4 Å². The first-order chi connectivity index (χ1) is 11.0. The van der Waals surface area contributed by atoms with E-state index in [2.05, 4.69) is 4.98 Å². The monoisotopic (exact) mass is 325 g/mol. The number of ether oxygens (including phenoxy) is 1. The summed E-state index contributed by atoms with van der Waals surface area (Å²) in [5, 5.41) is 0.817. The van der Waals surface area contributed by atoms with Crippen LogP contribution in [0.15, 0.2) is 40.8 Å². The third-order valence-electron chi connectivity index (χ3n) is 3.53. The minimum atomic E-state index is -0.346. The molecule has 1 aromatic heterocycles. The number of nitrogens with zero attached hydrogens (tertiary/aromatic N) is 1. The summed E-state index contributed by atoms with van der Waals surface area (Å²) in [6.45, 7) is 5.17. The van der Waals surface area contributed by atoms with Gasteiger partial charge in [0.2, 0.25) is 5.89 Å². The molecule has 0 radical (unpaired) electrons. The Labute approximate surface area is 138 Å². The summed E-state index contributed by atoms with van der Waals surface area (Å²) in [4.78, 5) is 15.6. The van der Waals surface area contributed by atoms with Crippen molar-refractivity contribution >= 4 is 29.2 Å². The standard InChI is InChI=1S/C18H15NO3S/c1-10-9-16(21-12(3)20)11(2)8-14(10)17-19-18(23)13-6-4-5-7-15(13)22-17/h4-9H,1-3H3. The van der Waals surface area contributed by atoms with Gasteiger partial charge in [-0.1, -0.05) is 24.4 Å². The first-order valence-electron chi connectivity index (χ1n) is 7.15. The molecule has 3 aromatic rings. The van der Waals surface area contributed by atoms with Crippen molar-refractivity contribution in [3.63, 3.8) is 0 Å². The number of fused-ring (bicyclic) bond motifs is 1. The van der Waals surface area contributed by atoms with Gasteiger partial charge in [0, 0.05) is 12.5 Å². The van der Waals surface area contributed by atoms with Crippen molar-refractivity contribution in [3.05, 3.63) is 52.2 Å². The van der Waals surface area contributed by atoms with Crippen LogP contribution < -0.4 is 4.74 Å². The lowest BCUT2D eigenvalue weighted by molar-refractivity contribution is -0.131. The SMILES string of the molecule is CC(=O)Oc1cc(C)c(-c2nc(=S)c3ccccc3o2)cc1C. The summed E-state index contributed by atoms with van der Waals surface area (Å²) in [6.07, 6.45) is 0. The molecule has 0 aliphatic carbocycles. The predicted octanol–water partition coefficient (Wildman–Crippen LogP) is 4.77. The Hall–Kier alpha value is -2.53. The van der Waals surface area contributed by atoms with Crippen LogP contribution in [-0.2, 0) is 4.79 Å². The Morgan fingerprint density at radius 1 is 1.17 bits per heavy atom. The maximum absolute atomic E-state index is 11.2. The van der Waals surface area contributed by atoms with E-state index < -0.39 is 0 Å². The Morgan fingerprint density at radius 3 is 2.65 bits per heavy atom. The Morgan fingerprint density at radius 2 is 1.91 bits per heavy atom. The van der Waals surface area contributed by atoms with Gasteiger partial charge < -0.3 is 9.15 Å². The normalized spacial score (nSPS) is 10.7. The molecule has 0 atom stereocenters. The van der Waals surface area contributed by atoms with Crippen LogP contribution in [0, 0.1) is 18.5 Å². The van der Waals surface area contributed by atoms with E-state index in [0.717, 1.165) is 22.1 Å². The predicted molar refractivity (Wildman–Crippen MR) is 91.1 cm³/mol. The van der Waals surface area contributed by atoms with Gasteiger partial charge in [0.1, 0.15) is 16.0 Å². The number of carbonyl (C=O) groups excluding carboxylic acids is 1. The maximum Gasteiger partial charge on any atom is 0.308 e. The van der Waals surface area contributed by atoms with E-state index in [9.17, 15) is 4.79 Å². The molecular formula is C18H15NO3S. The molecule has 116 valence electrons. The number of hydrogen-bond donors (Lipinski definition) is 0. The number of aromatic nitrogens is 1. The van der Waals surface area contributed by atoms with Crippen molar-refractivity contribution in [1.82, 2.24) is 4.98 Å². The fourth-order valence-corrected chi connectivity index (χ4v) is 2.66. The lowest BCUT2D eigenvalue weighted by atomic mass is 10.0. The van der Waals surface area contributed by atoms with Gasteiger partial charge in [-0.05, 0) is 49.2 Å². The Bertz CT molecular complexity index is 976. The topological polar surface area (TPSA) is 52.3 Å². The average molecular weight is 325 g/mol. The molecule has 0 saturated carbocycles. The lowest BCUT2D eigenvalue weighted by Gasteiger charge is -2.11. The second-order valence-electron chi connectivity index (χ2n) is 5.35. The van der Waals surface area contributed by atoms with Crippen LogP contribution in [0.3, 0.4) is 0 Å². The quantitative estimate of drug-likeness (QED) is 0.386. The largest absolute Gasteiger partial charge is 0.438 e. The molecule has 0 fully saturated rings. The number of benzene rings is 2. The first-order valence-corrected chi connectivity index (χ1v) is 7.56. The molecule has 4 nitrogen and oxygen atoms in total. The summed E-state index contributed by atoms with van der Waals surface area (Å²) in [6, 6.07) is 11.3. The average Bonchev–Trinajstić information content (AvgIpc) is 2.50. The van der Waals surface area contributed by atoms with E-state index in [1.807, 2.05) is 50.2 Å². The van der Waals surface area contributed by atoms with E-state index in [0.29, 0.717) is 21.9 Å². The van der Waals surface area contributed by atoms with Crippen LogP contribution in [0.4, 0.5) is 0 Å². The molecule has 0 aliphatic heterocycles.